The second-order valence-corrected chi connectivity index (χ2v) is 4.56. The van der Waals surface area contributed by atoms with Crippen molar-refractivity contribution in [2.75, 3.05) is 5.43 Å². The average Bonchev–Trinajstić information content (AvgIpc) is 2.54. The Bertz CT molecular complexity index is 829. The Morgan fingerprint density at radius 2 is 2.08 bits per heavy atom. The van der Waals surface area contributed by atoms with E-state index < -0.39 is 16.5 Å². The molecule has 0 unspecified atom stereocenters. The molecular formula is C13H12N6O5. The van der Waals surface area contributed by atoms with E-state index in [1.165, 1.54) is 30.5 Å². The Balaban J connectivity index is 1.98. The molecule has 0 fully saturated rings. The molecule has 0 spiro atoms. The van der Waals surface area contributed by atoms with Crippen molar-refractivity contribution in [1.29, 1.82) is 0 Å². The van der Waals surface area contributed by atoms with E-state index in [9.17, 15) is 19.7 Å². The second-order valence-electron chi connectivity index (χ2n) is 4.56. The van der Waals surface area contributed by atoms with Crippen molar-refractivity contribution < 1.29 is 14.8 Å². The Morgan fingerprint density at radius 3 is 2.67 bits per heavy atom. The van der Waals surface area contributed by atoms with Crippen LogP contribution in [0.25, 0.3) is 0 Å². The number of non-ortho nitro benzene ring substituents is 1. The lowest BCUT2D eigenvalue weighted by molar-refractivity contribution is -0.384. The molecule has 11 nitrogen and oxygen atoms in total. The van der Waals surface area contributed by atoms with Gasteiger partial charge in [-0.3, -0.25) is 24.7 Å². The smallest absolute Gasteiger partial charge is 0.303 e. The van der Waals surface area contributed by atoms with Crippen molar-refractivity contribution in [2.24, 2.45) is 5.10 Å². The van der Waals surface area contributed by atoms with Crippen LogP contribution >= 0.6 is 0 Å². The third kappa shape index (κ3) is 4.69. The second kappa shape index (κ2) is 7.58. The van der Waals surface area contributed by atoms with Crippen molar-refractivity contribution in [3.63, 3.8) is 0 Å². The van der Waals surface area contributed by atoms with Crippen LogP contribution in [0.5, 0.6) is 0 Å². The highest BCUT2D eigenvalue weighted by Gasteiger charge is 2.07. The van der Waals surface area contributed by atoms with Gasteiger partial charge in [0, 0.05) is 18.6 Å². The lowest BCUT2D eigenvalue weighted by Gasteiger charge is -2.00. The number of benzene rings is 1. The van der Waals surface area contributed by atoms with Gasteiger partial charge in [-0.2, -0.15) is 5.10 Å². The first-order chi connectivity index (χ1) is 11.5. The van der Waals surface area contributed by atoms with Gasteiger partial charge in [-0.1, -0.05) is 0 Å². The standard InChI is InChI=1S/C13H12N6O5/c20-11(21)6-5-10-12(22)15-13(18-16-10)17-14-7-8-1-3-9(4-2-8)19(23)24/h1-4,7H,5-6H2,(H,20,21)(H2,15,17,18,22). The minimum Gasteiger partial charge on any atom is -0.481 e. The normalized spacial score (nSPS) is 10.7. The first-order valence-electron chi connectivity index (χ1n) is 6.67. The summed E-state index contributed by atoms with van der Waals surface area (Å²) in [4.78, 5) is 34.5. The largest absolute Gasteiger partial charge is 0.481 e. The van der Waals surface area contributed by atoms with Gasteiger partial charge < -0.3 is 5.11 Å². The fraction of sp³-hybridized carbons (Fsp3) is 0.154. The first-order valence-corrected chi connectivity index (χ1v) is 6.67. The molecule has 2 aromatic rings. The fourth-order valence-electron chi connectivity index (χ4n) is 1.65. The maximum Gasteiger partial charge on any atom is 0.303 e. The Labute approximate surface area is 134 Å². The van der Waals surface area contributed by atoms with E-state index in [0.29, 0.717) is 5.56 Å². The monoisotopic (exact) mass is 332 g/mol. The summed E-state index contributed by atoms with van der Waals surface area (Å²) in [6.07, 6.45) is 1.13. The zero-order valence-electron chi connectivity index (χ0n) is 12.2. The first kappa shape index (κ1) is 16.7. The van der Waals surface area contributed by atoms with Gasteiger partial charge >= 0.3 is 5.97 Å². The number of nitrogens with zero attached hydrogens (tertiary/aromatic N) is 4. The van der Waals surface area contributed by atoms with E-state index in [-0.39, 0.29) is 30.2 Å². The number of nitro groups is 1. The fourth-order valence-corrected chi connectivity index (χ4v) is 1.65. The number of hydrogen-bond donors (Lipinski definition) is 3. The number of hydrazone groups is 1. The molecule has 1 aromatic heterocycles. The number of carboxylic acids is 1. The summed E-state index contributed by atoms with van der Waals surface area (Å²) in [5.41, 5.74) is 2.48. The molecule has 2 rings (SSSR count). The minimum atomic E-state index is -1.04. The molecule has 1 aromatic carbocycles. The van der Waals surface area contributed by atoms with Gasteiger partial charge in [-0.15, -0.1) is 10.2 Å². The molecule has 0 atom stereocenters. The highest BCUT2D eigenvalue weighted by molar-refractivity contribution is 5.80. The number of aromatic nitrogens is 3. The van der Waals surface area contributed by atoms with Crippen LogP contribution in [0.2, 0.25) is 0 Å². The number of nitrogens with one attached hydrogen (secondary N) is 2. The molecule has 24 heavy (non-hydrogen) atoms. The Morgan fingerprint density at radius 1 is 1.38 bits per heavy atom. The summed E-state index contributed by atoms with van der Waals surface area (Å²) in [5, 5.41) is 30.2. The third-order valence-corrected chi connectivity index (χ3v) is 2.83. The molecule has 1 heterocycles. The average molecular weight is 332 g/mol. The topological polar surface area (TPSA) is 163 Å². The molecule has 0 aliphatic carbocycles. The van der Waals surface area contributed by atoms with E-state index in [1.54, 1.807) is 0 Å². The van der Waals surface area contributed by atoms with Gasteiger partial charge in [0.1, 0.15) is 5.69 Å². The number of carbonyl (C=O) groups is 1. The van der Waals surface area contributed by atoms with Gasteiger partial charge in [0.2, 0.25) is 5.95 Å². The number of hydrogen-bond acceptors (Lipinski definition) is 8. The number of anilines is 1. The molecule has 0 saturated carbocycles. The Kier molecular flexibility index (Phi) is 5.28. The van der Waals surface area contributed by atoms with Crippen molar-refractivity contribution in [1.82, 2.24) is 15.2 Å². The van der Waals surface area contributed by atoms with E-state index in [4.69, 9.17) is 5.11 Å². The third-order valence-electron chi connectivity index (χ3n) is 2.83. The van der Waals surface area contributed by atoms with Crippen LogP contribution in [-0.2, 0) is 11.2 Å². The number of nitro benzene ring substituents is 1. The van der Waals surface area contributed by atoms with Gasteiger partial charge in [0.25, 0.3) is 11.2 Å². The SMILES string of the molecule is O=C(O)CCc1nnc(NN=Cc2ccc([N+](=O)[O-])cc2)[nH]c1=O. The summed E-state index contributed by atoms with van der Waals surface area (Å²) in [6.45, 7) is 0. The minimum absolute atomic E-state index is 0.0160. The summed E-state index contributed by atoms with van der Waals surface area (Å²) >= 11 is 0. The predicted octanol–water partition coefficient (Wildman–Crippen LogP) is 0.536. The molecule has 3 N–H and O–H groups in total. The number of rotatable bonds is 7. The number of aromatic amines is 1. The maximum absolute atomic E-state index is 11.7. The molecular weight excluding hydrogens is 320 g/mol. The zero-order valence-corrected chi connectivity index (χ0v) is 12.2. The lowest BCUT2D eigenvalue weighted by Crippen LogP contribution is -2.19. The zero-order chi connectivity index (χ0) is 17.5. The van der Waals surface area contributed by atoms with E-state index in [2.05, 4.69) is 25.7 Å². The van der Waals surface area contributed by atoms with Crippen LogP contribution < -0.4 is 11.0 Å². The van der Waals surface area contributed by atoms with Gasteiger partial charge in [-0.05, 0) is 17.7 Å². The molecule has 0 saturated heterocycles. The summed E-state index contributed by atoms with van der Waals surface area (Å²) in [5.74, 6) is -1.05. The number of aryl methyl sites for hydroxylation is 1. The number of carboxylic acid groups (broad SMARTS) is 1. The van der Waals surface area contributed by atoms with Crippen LogP contribution in [0.4, 0.5) is 11.6 Å². The molecule has 124 valence electrons. The van der Waals surface area contributed by atoms with Crippen molar-refractivity contribution in [3.05, 3.63) is 56.0 Å². The Hall–Kier alpha value is -3.63. The van der Waals surface area contributed by atoms with Crippen LogP contribution in [0.3, 0.4) is 0 Å². The molecule has 0 aliphatic rings. The molecule has 0 bridgehead atoms. The predicted molar refractivity (Wildman–Crippen MR) is 82.9 cm³/mol. The highest BCUT2D eigenvalue weighted by Crippen LogP contribution is 2.10. The van der Waals surface area contributed by atoms with Crippen LogP contribution in [0.1, 0.15) is 17.7 Å². The van der Waals surface area contributed by atoms with Crippen LogP contribution in [-0.4, -0.2) is 37.4 Å². The maximum atomic E-state index is 11.7. The van der Waals surface area contributed by atoms with E-state index in [1.807, 2.05) is 0 Å². The van der Waals surface area contributed by atoms with Crippen molar-refractivity contribution in [2.45, 2.75) is 12.8 Å². The molecule has 11 heteroatoms. The van der Waals surface area contributed by atoms with Crippen LogP contribution in [0, 0.1) is 10.1 Å². The summed E-state index contributed by atoms with van der Waals surface area (Å²) in [6, 6.07) is 5.68. The summed E-state index contributed by atoms with van der Waals surface area (Å²) < 4.78 is 0. The molecule has 0 radical (unpaired) electrons. The van der Waals surface area contributed by atoms with E-state index in [0.717, 1.165) is 0 Å². The van der Waals surface area contributed by atoms with Gasteiger partial charge in [0.05, 0.1) is 17.6 Å². The number of aliphatic carboxylic acids is 1. The van der Waals surface area contributed by atoms with E-state index >= 15 is 0 Å². The quantitative estimate of drug-likeness (QED) is 0.375. The lowest BCUT2D eigenvalue weighted by atomic mass is 10.2. The van der Waals surface area contributed by atoms with Gasteiger partial charge in [0.15, 0.2) is 0 Å². The van der Waals surface area contributed by atoms with Crippen molar-refractivity contribution >= 4 is 23.8 Å². The highest BCUT2D eigenvalue weighted by atomic mass is 16.6. The van der Waals surface area contributed by atoms with Crippen molar-refractivity contribution in [3.8, 4) is 0 Å². The molecule has 0 aliphatic heterocycles. The van der Waals surface area contributed by atoms with Gasteiger partial charge in [-0.25, -0.2) is 5.43 Å². The molecule has 0 amide bonds. The van der Waals surface area contributed by atoms with Crippen LogP contribution in [0.15, 0.2) is 34.2 Å². The number of H-pyrrole nitrogens is 1. The summed E-state index contributed by atoms with van der Waals surface area (Å²) in [7, 11) is 0.